The maximum absolute atomic E-state index is 6.09. The molecule has 0 unspecified atom stereocenters. The molecule has 4 heteroatoms. The fourth-order valence-electron chi connectivity index (χ4n) is 2.60. The summed E-state index contributed by atoms with van der Waals surface area (Å²) in [6.45, 7) is 0.734. The topological polar surface area (TPSA) is 49.4 Å². The van der Waals surface area contributed by atoms with Gasteiger partial charge in [-0.25, -0.2) is 0 Å². The van der Waals surface area contributed by atoms with Gasteiger partial charge in [0, 0.05) is 18.1 Å². The van der Waals surface area contributed by atoms with Gasteiger partial charge in [-0.3, -0.25) is 0 Å². The van der Waals surface area contributed by atoms with Crippen LogP contribution in [-0.2, 0) is 6.54 Å². The molecule has 4 nitrogen and oxygen atoms in total. The van der Waals surface area contributed by atoms with E-state index in [1.807, 2.05) is 30.3 Å². The number of fused-ring (bicyclic) bond motifs is 1. The van der Waals surface area contributed by atoms with Gasteiger partial charge in [0.15, 0.2) is 11.5 Å². The van der Waals surface area contributed by atoms with E-state index in [4.69, 9.17) is 15.2 Å². The van der Waals surface area contributed by atoms with Crippen molar-refractivity contribution in [3.05, 3.63) is 54.2 Å². The van der Waals surface area contributed by atoms with Crippen molar-refractivity contribution in [3.63, 3.8) is 0 Å². The molecule has 0 spiro atoms. The van der Waals surface area contributed by atoms with E-state index in [9.17, 15) is 0 Å². The summed E-state index contributed by atoms with van der Waals surface area (Å²) in [4.78, 5) is 0. The minimum absolute atomic E-state index is 0.734. The van der Waals surface area contributed by atoms with Crippen LogP contribution in [0.3, 0.4) is 0 Å². The number of nitrogens with zero attached hydrogens (tertiary/aromatic N) is 1. The Kier molecular flexibility index (Phi) is 3.44. The smallest absolute Gasteiger partial charge is 0.161 e. The highest BCUT2D eigenvalue weighted by Gasteiger charge is 2.08. The molecule has 108 valence electrons. The van der Waals surface area contributed by atoms with E-state index in [0.29, 0.717) is 0 Å². The summed E-state index contributed by atoms with van der Waals surface area (Å²) >= 11 is 0. The first-order valence-electron chi connectivity index (χ1n) is 6.77. The SMILES string of the molecule is COc1ccc(Cn2ccc3cccc(N)c32)cc1OC. The predicted octanol–water partition coefficient (Wildman–Crippen LogP) is 3.29. The van der Waals surface area contributed by atoms with E-state index < -0.39 is 0 Å². The highest BCUT2D eigenvalue weighted by Crippen LogP contribution is 2.29. The summed E-state index contributed by atoms with van der Waals surface area (Å²) in [5, 5.41) is 1.15. The minimum atomic E-state index is 0.734. The summed E-state index contributed by atoms with van der Waals surface area (Å²) in [5.74, 6) is 1.47. The van der Waals surface area contributed by atoms with Crippen LogP contribution in [0.1, 0.15) is 5.56 Å². The van der Waals surface area contributed by atoms with Crippen LogP contribution in [0.5, 0.6) is 11.5 Å². The molecule has 0 aliphatic rings. The molecule has 21 heavy (non-hydrogen) atoms. The number of hydrogen-bond acceptors (Lipinski definition) is 3. The van der Waals surface area contributed by atoms with Crippen molar-refractivity contribution in [1.29, 1.82) is 0 Å². The summed E-state index contributed by atoms with van der Waals surface area (Å²) < 4.78 is 12.8. The van der Waals surface area contributed by atoms with Gasteiger partial charge in [-0.2, -0.15) is 0 Å². The number of hydrogen-bond donors (Lipinski definition) is 1. The molecule has 0 saturated carbocycles. The standard InChI is InChI=1S/C17H18N2O2/c1-20-15-7-6-12(10-16(15)21-2)11-19-9-8-13-4-3-5-14(18)17(13)19/h3-10H,11,18H2,1-2H3. The molecule has 0 amide bonds. The largest absolute Gasteiger partial charge is 0.493 e. The molecule has 0 fully saturated rings. The van der Waals surface area contributed by atoms with E-state index >= 15 is 0 Å². The quantitative estimate of drug-likeness (QED) is 0.747. The van der Waals surface area contributed by atoms with E-state index in [1.54, 1.807) is 14.2 Å². The molecule has 3 rings (SSSR count). The Morgan fingerprint density at radius 2 is 1.81 bits per heavy atom. The monoisotopic (exact) mass is 282 g/mol. The highest BCUT2D eigenvalue weighted by atomic mass is 16.5. The number of para-hydroxylation sites is 1. The van der Waals surface area contributed by atoms with Gasteiger partial charge in [0.05, 0.1) is 25.4 Å². The second-order valence-electron chi connectivity index (χ2n) is 4.92. The van der Waals surface area contributed by atoms with E-state index in [1.165, 1.54) is 0 Å². The van der Waals surface area contributed by atoms with Crippen LogP contribution in [0.4, 0.5) is 5.69 Å². The van der Waals surface area contributed by atoms with Crippen LogP contribution in [0.2, 0.25) is 0 Å². The summed E-state index contributed by atoms with van der Waals surface area (Å²) in [5.41, 5.74) is 9.08. The number of nitrogen functional groups attached to an aromatic ring is 1. The fraction of sp³-hybridized carbons (Fsp3) is 0.176. The summed E-state index contributed by atoms with van der Waals surface area (Å²) in [6, 6.07) is 14.0. The van der Waals surface area contributed by atoms with E-state index in [-0.39, 0.29) is 0 Å². The average molecular weight is 282 g/mol. The van der Waals surface area contributed by atoms with Gasteiger partial charge in [-0.1, -0.05) is 18.2 Å². The lowest BCUT2D eigenvalue weighted by Gasteiger charge is -2.11. The van der Waals surface area contributed by atoms with Crippen LogP contribution in [0.15, 0.2) is 48.7 Å². The Morgan fingerprint density at radius 1 is 1.00 bits per heavy atom. The molecule has 2 aromatic carbocycles. The maximum atomic E-state index is 6.09. The van der Waals surface area contributed by atoms with Gasteiger partial charge in [0.1, 0.15) is 0 Å². The Labute approximate surface area is 123 Å². The first-order valence-corrected chi connectivity index (χ1v) is 6.77. The third-order valence-electron chi connectivity index (χ3n) is 3.62. The lowest BCUT2D eigenvalue weighted by atomic mass is 10.2. The molecular formula is C17H18N2O2. The van der Waals surface area contributed by atoms with Crippen LogP contribution in [0.25, 0.3) is 10.9 Å². The second kappa shape index (κ2) is 5.40. The Bertz CT molecular complexity index is 778. The zero-order valence-corrected chi connectivity index (χ0v) is 12.2. The van der Waals surface area contributed by atoms with Crippen LogP contribution >= 0.6 is 0 Å². The van der Waals surface area contributed by atoms with Crippen molar-refractivity contribution in [2.75, 3.05) is 20.0 Å². The lowest BCUT2D eigenvalue weighted by Crippen LogP contribution is -2.01. The van der Waals surface area contributed by atoms with Crippen molar-refractivity contribution in [1.82, 2.24) is 4.57 Å². The Hall–Kier alpha value is -2.62. The lowest BCUT2D eigenvalue weighted by molar-refractivity contribution is 0.354. The van der Waals surface area contributed by atoms with Gasteiger partial charge in [0.25, 0.3) is 0 Å². The molecule has 2 N–H and O–H groups in total. The van der Waals surface area contributed by atoms with Crippen LogP contribution in [-0.4, -0.2) is 18.8 Å². The number of anilines is 1. The van der Waals surface area contributed by atoms with Crippen molar-refractivity contribution >= 4 is 16.6 Å². The van der Waals surface area contributed by atoms with Crippen LogP contribution in [0, 0.1) is 0 Å². The molecule has 1 aromatic heterocycles. The molecule has 0 bridgehead atoms. The number of benzene rings is 2. The van der Waals surface area contributed by atoms with Crippen molar-refractivity contribution in [2.24, 2.45) is 0 Å². The molecule has 0 radical (unpaired) electrons. The first-order chi connectivity index (χ1) is 10.2. The van der Waals surface area contributed by atoms with E-state index in [2.05, 4.69) is 22.9 Å². The molecule has 0 aliphatic carbocycles. The van der Waals surface area contributed by atoms with Gasteiger partial charge >= 0.3 is 0 Å². The summed E-state index contributed by atoms with van der Waals surface area (Å²) in [6.07, 6.45) is 2.05. The third-order valence-corrected chi connectivity index (χ3v) is 3.62. The maximum Gasteiger partial charge on any atom is 0.161 e. The number of rotatable bonds is 4. The molecule has 1 heterocycles. The highest BCUT2D eigenvalue weighted by molar-refractivity contribution is 5.90. The third kappa shape index (κ3) is 2.40. The minimum Gasteiger partial charge on any atom is -0.493 e. The molecular weight excluding hydrogens is 264 g/mol. The first kappa shape index (κ1) is 13.4. The molecule has 0 saturated heterocycles. The second-order valence-corrected chi connectivity index (χ2v) is 4.92. The number of aromatic nitrogens is 1. The zero-order chi connectivity index (χ0) is 14.8. The number of methoxy groups -OCH3 is 2. The Morgan fingerprint density at radius 3 is 2.57 bits per heavy atom. The van der Waals surface area contributed by atoms with Crippen molar-refractivity contribution < 1.29 is 9.47 Å². The average Bonchev–Trinajstić information content (AvgIpc) is 2.91. The predicted molar refractivity (Wildman–Crippen MR) is 85.0 cm³/mol. The normalized spacial score (nSPS) is 10.8. The number of ether oxygens (including phenoxy) is 2. The molecule has 3 aromatic rings. The van der Waals surface area contributed by atoms with Crippen molar-refractivity contribution in [3.8, 4) is 11.5 Å². The van der Waals surface area contributed by atoms with E-state index in [0.717, 1.165) is 40.2 Å². The Balaban J connectivity index is 1.99. The fourth-order valence-corrected chi connectivity index (χ4v) is 2.60. The number of nitrogens with two attached hydrogens (primary N) is 1. The summed E-state index contributed by atoms with van der Waals surface area (Å²) in [7, 11) is 3.28. The van der Waals surface area contributed by atoms with Gasteiger partial charge in [-0.15, -0.1) is 0 Å². The van der Waals surface area contributed by atoms with Crippen molar-refractivity contribution in [2.45, 2.75) is 6.54 Å². The van der Waals surface area contributed by atoms with Gasteiger partial charge < -0.3 is 19.8 Å². The molecule has 0 aliphatic heterocycles. The van der Waals surface area contributed by atoms with Gasteiger partial charge in [0.2, 0.25) is 0 Å². The molecule has 0 atom stereocenters. The zero-order valence-electron chi connectivity index (χ0n) is 12.2. The van der Waals surface area contributed by atoms with Gasteiger partial charge in [-0.05, 0) is 29.8 Å². The van der Waals surface area contributed by atoms with Crippen LogP contribution < -0.4 is 15.2 Å².